The van der Waals surface area contributed by atoms with E-state index in [1.165, 1.54) is 0 Å². The number of rotatable bonds is 5. The molecule has 0 saturated carbocycles. The monoisotopic (exact) mass is 525 g/mol. The van der Waals surface area contributed by atoms with Crippen molar-refractivity contribution in [1.82, 2.24) is 19.9 Å². The molecule has 37 heavy (non-hydrogen) atoms. The van der Waals surface area contributed by atoms with Gasteiger partial charge in [0.15, 0.2) is 5.82 Å². The minimum atomic E-state index is -1.11. The maximum Gasteiger partial charge on any atom is 0.410 e. The summed E-state index contributed by atoms with van der Waals surface area (Å²) in [7, 11) is 0. The number of hydrogen-bond donors (Lipinski definition) is 2. The maximum atomic E-state index is 12.6. The van der Waals surface area contributed by atoms with Crippen LogP contribution < -0.4 is 5.32 Å². The standard InChI is InChI=1S/C28H36ClN5O3/c1-17(19-8-7-11-34(16-19)26(35)37-27(2,3)4)33-24-21-12-18(9-10-23(21)30-15-22(24)29)20-13-31-25(32-14-20)28(5,6)36/h9-10,12-15,17,19,36H,7-8,11,16H2,1-6H3,(H,30,33)/t17-,19?/m1/s1. The lowest BCUT2D eigenvalue weighted by atomic mass is 9.91. The van der Waals surface area contributed by atoms with E-state index in [1.54, 1.807) is 37.3 Å². The minimum absolute atomic E-state index is 0.0615. The summed E-state index contributed by atoms with van der Waals surface area (Å²) in [6.07, 6.45) is 6.74. The average Bonchev–Trinajstić information content (AvgIpc) is 2.84. The number of anilines is 1. The summed E-state index contributed by atoms with van der Waals surface area (Å²) >= 11 is 6.65. The van der Waals surface area contributed by atoms with Crippen molar-refractivity contribution in [2.45, 2.75) is 71.6 Å². The van der Waals surface area contributed by atoms with Crippen molar-refractivity contribution < 1.29 is 14.6 Å². The van der Waals surface area contributed by atoms with E-state index >= 15 is 0 Å². The number of hydrogen-bond acceptors (Lipinski definition) is 7. The number of halogens is 1. The summed E-state index contributed by atoms with van der Waals surface area (Å²) in [5.74, 6) is 0.609. The molecule has 9 heteroatoms. The van der Waals surface area contributed by atoms with Crippen LogP contribution in [-0.4, -0.2) is 55.8 Å². The highest BCUT2D eigenvalue weighted by molar-refractivity contribution is 6.34. The van der Waals surface area contributed by atoms with E-state index in [0.717, 1.165) is 40.6 Å². The van der Waals surface area contributed by atoms with Gasteiger partial charge >= 0.3 is 6.09 Å². The lowest BCUT2D eigenvalue weighted by molar-refractivity contribution is 0.0159. The molecule has 0 bridgehead atoms. The number of ether oxygens (including phenoxy) is 1. The molecule has 1 aromatic carbocycles. The van der Waals surface area contributed by atoms with Crippen LogP contribution in [-0.2, 0) is 10.3 Å². The summed E-state index contributed by atoms with van der Waals surface area (Å²) in [6, 6.07) is 6.01. The van der Waals surface area contributed by atoms with Crippen molar-refractivity contribution in [2.24, 2.45) is 5.92 Å². The molecule has 3 heterocycles. The van der Waals surface area contributed by atoms with Crippen LogP contribution in [0.3, 0.4) is 0 Å². The fourth-order valence-electron chi connectivity index (χ4n) is 4.54. The third-order valence-electron chi connectivity index (χ3n) is 6.54. The Morgan fingerprint density at radius 2 is 1.84 bits per heavy atom. The van der Waals surface area contributed by atoms with E-state index in [1.807, 2.05) is 39.0 Å². The van der Waals surface area contributed by atoms with Crippen LogP contribution in [0.15, 0.2) is 36.8 Å². The molecule has 2 N–H and O–H groups in total. The predicted molar refractivity (Wildman–Crippen MR) is 147 cm³/mol. The number of aliphatic hydroxyl groups is 1. The van der Waals surface area contributed by atoms with Crippen LogP contribution in [0.1, 0.15) is 60.2 Å². The molecular weight excluding hydrogens is 490 g/mol. The summed E-state index contributed by atoms with van der Waals surface area (Å²) < 4.78 is 5.59. The Kier molecular flexibility index (Phi) is 7.62. The Hall–Kier alpha value is -2.97. The summed E-state index contributed by atoms with van der Waals surface area (Å²) in [4.78, 5) is 27.6. The van der Waals surface area contributed by atoms with Gasteiger partial charge in [-0.2, -0.15) is 0 Å². The Labute approximate surface area is 223 Å². The fourth-order valence-corrected chi connectivity index (χ4v) is 4.75. The van der Waals surface area contributed by atoms with E-state index in [2.05, 4.69) is 27.2 Å². The zero-order valence-corrected chi connectivity index (χ0v) is 23.1. The molecular formula is C28H36ClN5O3. The molecule has 0 aliphatic carbocycles. The number of nitrogens with zero attached hydrogens (tertiary/aromatic N) is 4. The Balaban J connectivity index is 1.57. The van der Waals surface area contributed by atoms with Gasteiger partial charge in [-0.1, -0.05) is 17.7 Å². The van der Waals surface area contributed by atoms with Crippen LogP contribution in [0.4, 0.5) is 10.5 Å². The van der Waals surface area contributed by atoms with Crippen molar-refractivity contribution in [3.05, 3.63) is 47.6 Å². The molecule has 1 fully saturated rings. The van der Waals surface area contributed by atoms with E-state index in [9.17, 15) is 9.90 Å². The van der Waals surface area contributed by atoms with Crippen LogP contribution in [0.25, 0.3) is 22.0 Å². The van der Waals surface area contributed by atoms with Gasteiger partial charge in [0.1, 0.15) is 11.2 Å². The largest absolute Gasteiger partial charge is 0.444 e. The van der Waals surface area contributed by atoms with Gasteiger partial charge in [0.25, 0.3) is 0 Å². The first-order valence-electron chi connectivity index (χ1n) is 12.7. The second kappa shape index (κ2) is 10.4. The maximum absolute atomic E-state index is 12.6. The zero-order chi connectivity index (χ0) is 27.0. The number of likely N-dealkylation sites (tertiary alicyclic amines) is 1. The number of carbonyl (C=O) groups is 1. The van der Waals surface area contributed by atoms with Crippen molar-refractivity contribution >= 4 is 34.3 Å². The van der Waals surface area contributed by atoms with Gasteiger partial charge in [0.2, 0.25) is 0 Å². The molecule has 8 nitrogen and oxygen atoms in total. The first-order chi connectivity index (χ1) is 17.3. The van der Waals surface area contributed by atoms with Crippen molar-refractivity contribution in [1.29, 1.82) is 0 Å². The third kappa shape index (κ3) is 6.48. The first-order valence-corrected chi connectivity index (χ1v) is 13.1. The number of carbonyl (C=O) groups excluding carboxylic acids is 1. The molecule has 4 rings (SSSR count). The topological polar surface area (TPSA) is 100 Å². The van der Waals surface area contributed by atoms with Gasteiger partial charge in [0, 0.05) is 48.7 Å². The number of pyridine rings is 1. The third-order valence-corrected chi connectivity index (χ3v) is 6.83. The molecule has 1 saturated heterocycles. The molecule has 1 unspecified atom stereocenters. The SMILES string of the molecule is C[C@@H](Nc1c(Cl)cnc2ccc(-c3cnc(C(C)(C)O)nc3)cc12)C1CCCN(C(=O)OC(C)(C)C)C1. The van der Waals surface area contributed by atoms with Gasteiger partial charge in [-0.05, 0) is 78.0 Å². The molecule has 1 aliphatic heterocycles. The molecule has 1 amide bonds. The Bertz CT molecular complexity index is 1270. The van der Waals surface area contributed by atoms with Crippen LogP contribution in [0.5, 0.6) is 0 Å². The number of nitrogens with one attached hydrogen (secondary N) is 1. The van der Waals surface area contributed by atoms with Crippen LogP contribution in [0, 0.1) is 5.92 Å². The molecule has 198 valence electrons. The Morgan fingerprint density at radius 3 is 2.49 bits per heavy atom. The second-order valence-electron chi connectivity index (χ2n) is 11.3. The number of piperidine rings is 1. The second-order valence-corrected chi connectivity index (χ2v) is 11.7. The van der Waals surface area contributed by atoms with Crippen molar-refractivity contribution in [2.75, 3.05) is 18.4 Å². The van der Waals surface area contributed by atoms with Crippen molar-refractivity contribution in [3.8, 4) is 11.1 Å². The smallest absolute Gasteiger partial charge is 0.410 e. The van der Waals surface area contributed by atoms with Gasteiger partial charge < -0.3 is 20.1 Å². The Morgan fingerprint density at radius 1 is 1.14 bits per heavy atom. The summed E-state index contributed by atoms with van der Waals surface area (Å²) in [5, 5.41) is 15.2. The van der Waals surface area contributed by atoms with E-state index in [-0.39, 0.29) is 18.1 Å². The van der Waals surface area contributed by atoms with Gasteiger partial charge in [-0.15, -0.1) is 0 Å². The minimum Gasteiger partial charge on any atom is -0.444 e. The lowest BCUT2D eigenvalue weighted by Gasteiger charge is -2.37. The number of fused-ring (bicyclic) bond motifs is 1. The van der Waals surface area contributed by atoms with Crippen molar-refractivity contribution in [3.63, 3.8) is 0 Å². The first kappa shape index (κ1) is 27.1. The summed E-state index contributed by atoms with van der Waals surface area (Å²) in [5.41, 5.74) is 1.75. The van der Waals surface area contributed by atoms with Crippen LogP contribution >= 0.6 is 11.6 Å². The van der Waals surface area contributed by atoms with Gasteiger partial charge in [0.05, 0.1) is 16.2 Å². The number of aromatic nitrogens is 3. The normalized spacial score (nSPS) is 17.5. The van der Waals surface area contributed by atoms with Crippen LogP contribution in [0.2, 0.25) is 5.02 Å². The molecule has 0 spiro atoms. The summed E-state index contributed by atoms with van der Waals surface area (Å²) in [6.45, 7) is 12.4. The van der Waals surface area contributed by atoms with E-state index in [4.69, 9.17) is 16.3 Å². The molecule has 0 radical (unpaired) electrons. The molecule has 2 aromatic heterocycles. The molecule has 1 aliphatic rings. The highest BCUT2D eigenvalue weighted by atomic mass is 35.5. The van der Waals surface area contributed by atoms with Gasteiger partial charge in [-0.25, -0.2) is 14.8 Å². The molecule has 2 atom stereocenters. The highest BCUT2D eigenvalue weighted by Crippen LogP contribution is 2.35. The van der Waals surface area contributed by atoms with E-state index < -0.39 is 11.2 Å². The molecule has 3 aromatic rings. The van der Waals surface area contributed by atoms with E-state index in [0.29, 0.717) is 23.9 Å². The fraction of sp³-hybridized carbons (Fsp3) is 0.500. The van der Waals surface area contributed by atoms with Gasteiger partial charge in [-0.3, -0.25) is 4.98 Å². The average molecular weight is 526 g/mol. The zero-order valence-electron chi connectivity index (χ0n) is 22.4. The lowest BCUT2D eigenvalue weighted by Crippen LogP contribution is -2.46. The quantitative estimate of drug-likeness (QED) is 0.420. The highest BCUT2D eigenvalue weighted by Gasteiger charge is 2.30. The number of amides is 1. The predicted octanol–water partition coefficient (Wildman–Crippen LogP) is 6.02. The number of benzene rings is 1.